The standard InChI is InChI=1S/C14H15BrFNO/c1-2-17-14(11-5-6-18-9-11)8-10-3-4-13(16)12(15)7-10/h3-7,9,14,17H,2,8H2,1H3. The van der Waals surface area contributed by atoms with Crippen molar-refractivity contribution < 1.29 is 8.81 Å². The van der Waals surface area contributed by atoms with Crippen LogP contribution in [0.2, 0.25) is 0 Å². The molecule has 0 radical (unpaired) electrons. The Bertz CT molecular complexity index is 499. The van der Waals surface area contributed by atoms with Gasteiger partial charge >= 0.3 is 0 Å². The molecule has 18 heavy (non-hydrogen) atoms. The minimum absolute atomic E-state index is 0.186. The van der Waals surface area contributed by atoms with Gasteiger partial charge in [-0.05, 0) is 52.7 Å². The van der Waals surface area contributed by atoms with Crippen LogP contribution in [0.4, 0.5) is 4.39 Å². The van der Waals surface area contributed by atoms with Crippen molar-refractivity contribution in [1.82, 2.24) is 5.32 Å². The molecule has 0 aliphatic rings. The Morgan fingerprint density at radius 3 is 2.83 bits per heavy atom. The van der Waals surface area contributed by atoms with E-state index in [1.165, 1.54) is 6.07 Å². The third kappa shape index (κ3) is 3.21. The van der Waals surface area contributed by atoms with E-state index < -0.39 is 0 Å². The molecule has 1 aromatic carbocycles. The van der Waals surface area contributed by atoms with E-state index in [1.54, 1.807) is 12.5 Å². The van der Waals surface area contributed by atoms with Gasteiger partial charge in [0.05, 0.1) is 17.0 Å². The number of nitrogens with one attached hydrogen (secondary N) is 1. The number of hydrogen-bond donors (Lipinski definition) is 1. The Labute approximate surface area is 114 Å². The summed E-state index contributed by atoms with van der Waals surface area (Å²) in [7, 11) is 0. The van der Waals surface area contributed by atoms with Crippen LogP contribution in [0.5, 0.6) is 0 Å². The molecule has 2 rings (SSSR count). The summed E-state index contributed by atoms with van der Waals surface area (Å²) < 4.78 is 18.8. The maximum absolute atomic E-state index is 13.2. The Morgan fingerprint density at radius 1 is 1.39 bits per heavy atom. The SMILES string of the molecule is CCNC(Cc1ccc(F)c(Br)c1)c1ccoc1. The molecule has 0 fully saturated rings. The van der Waals surface area contributed by atoms with E-state index in [-0.39, 0.29) is 11.9 Å². The second-order valence-corrected chi connectivity index (χ2v) is 4.97. The molecule has 0 aliphatic carbocycles. The van der Waals surface area contributed by atoms with E-state index in [4.69, 9.17) is 4.42 Å². The molecule has 2 aromatic rings. The first-order valence-corrected chi connectivity index (χ1v) is 6.69. The van der Waals surface area contributed by atoms with Crippen LogP contribution < -0.4 is 5.32 Å². The normalized spacial score (nSPS) is 12.6. The summed E-state index contributed by atoms with van der Waals surface area (Å²) in [6.07, 6.45) is 4.21. The van der Waals surface area contributed by atoms with Gasteiger partial charge < -0.3 is 9.73 Å². The quantitative estimate of drug-likeness (QED) is 0.900. The minimum atomic E-state index is -0.234. The van der Waals surface area contributed by atoms with E-state index in [0.29, 0.717) is 4.47 Å². The minimum Gasteiger partial charge on any atom is -0.472 e. The van der Waals surface area contributed by atoms with E-state index in [1.807, 2.05) is 18.2 Å². The summed E-state index contributed by atoms with van der Waals surface area (Å²) in [6.45, 7) is 2.94. The van der Waals surface area contributed by atoms with Gasteiger partial charge in [0.25, 0.3) is 0 Å². The molecule has 0 amide bonds. The summed E-state index contributed by atoms with van der Waals surface area (Å²) in [6, 6.07) is 7.25. The van der Waals surface area contributed by atoms with Crippen LogP contribution in [0, 0.1) is 5.82 Å². The first-order valence-electron chi connectivity index (χ1n) is 5.90. The third-order valence-electron chi connectivity index (χ3n) is 2.82. The Morgan fingerprint density at radius 2 is 2.22 bits per heavy atom. The van der Waals surface area contributed by atoms with Crippen molar-refractivity contribution in [2.24, 2.45) is 0 Å². The maximum Gasteiger partial charge on any atom is 0.137 e. The lowest BCUT2D eigenvalue weighted by Crippen LogP contribution is -2.22. The third-order valence-corrected chi connectivity index (χ3v) is 3.43. The molecule has 0 aliphatic heterocycles. The molecule has 0 saturated carbocycles. The fourth-order valence-electron chi connectivity index (χ4n) is 1.93. The smallest absolute Gasteiger partial charge is 0.137 e. The fourth-order valence-corrected chi connectivity index (χ4v) is 2.36. The lowest BCUT2D eigenvalue weighted by Gasteiger charge is -2.16. The molecule has 0 bridgehead atoms. The molecule has 1 aromatic heterocycles. The number of hydrogen-bond acceptors (Lipinski definition) is 2. The highest BCUT2D eigenvalue weighted by atomic mass is 79.9. The first kappa shape index (κ1) is 13.3. The van der Waals surface area contributed by atoms with Crippen LogP contribution >= 0.6 is 15.9 Å². The number of rotatable bonds is 5. The van der Waals surface area contributed by atoms with Crippen molar-refractivity contribution in [2.45, 2.75) is 19.4 Å². The van der Waals surface area contributed by atoms with Crippen LogP contribution in [0.25, 0.3) is 0 Å². The Balaban J connectivity index is 2.16. The average Bonchev–Trinajstić information content (AvgIpc) is 2.87. The second-order valence-electron chi connectivity index (χ2n) is 4.12. The number of furan rings is 1. The summed E-state index contributed by atoms with van der Waals surface area (Å²) in [5.74, 6) is -0.234. The predicted octanol–water partition coefficient (Wildman–Crippen LogP) is 4.07. The van der Waals surface area contributed by atoms with Gasteiger partial charge in [-0.1, -0.05) is 13.0 Å². The first-order chi connectivity index (χ1) is 8.70. The topological polar surface area (TPSA) is 25.2 Å². The summed E-state index contributed by atoms with van der Waals surface area (Å²) >= 11 is 3.21. The highest BCUT2D eigenvalue weighted by Gasteiger charge is 2.13. The van der Waals surface area contributed by atoms with Gasteiger partial charge in [-0.15, -0.1) is 0 Å². The second kappa shape index (κ2) is 6.16. The van der Waals surface area contributed by atoms with E-state index in [2.05, 4.69) is 28.2 Å². The average molecular weight is 312 g/mol. The van der Waals surface area contributed by atoms with Crippen LogP contribution in [0.1, 0.15) is 24.1 Å². The Hall–Kier alpha value is -1.13. The molecular formula is C14H15BrFNO. The number of halogens is 2. The van der Waals surface area contributed by atoms with E-state index in [9.17, 15) is 4.39 Å². The van der Waals surface area contributed by atoms with Crippen LogP contribution in [0.3, 0.4) is 0 Å². The zero-order chi connectivity index (χ0) is 13.0. The monoisotopic (exact) mass is 311 g/mol. The molecule has 0 spiro atoms. The molecule has 1 heterocycles. The van der Waals surface area contributed by atoms with Crippen LogP contribution in [-0.2, 0) is 6.42 Å². The molecule has 0 saturated heterocycles. The van der Waals surface area contributed by atoms with E-state index >= 15 is 0 Å². The van der Waals surface area contributed by atoms with Crippen molar-refractivity contribution in [2.75, 3.05) is 6.54 Å². The molecule has 4 heteroatoms. The summed E-state index contributed by atoms with van der Waals surface area (Å²) in [5.41, 5.74) is 2.19. The van der Waals surface area contributed by atoms with Gasteiger partial charge in [-0.3, -0.25) is 0 Å². The zero-order valence-corrected chi connectivity index (χ0v) is 11.7. The lowest BCUT2D eigenvalue weighted by molar-refractivity contribution is 0.524. The predicted molar refractivity (Wildman–Crippen MR) is 72.9 cm³/mol. The summed E-state index contributed by atoms with van der Waals surface area (Å²) in [4.78, 5) is 0. The molecule has 1 unspecified atom stereocenters. The fraction of sp³-hybridized carbons (Fsp3) is 0.286. The molecule has 1 atom stereocenters. The van der Waals surface area contributed by atoms with Crippen molar-refractivity contribution in [3.05, 3.63) is 58.2 Å². The van der Waals surface area contributed by atoms with Crippen LogP contribution in [-0.4, -0.2) is 6.54 Å². The van der Waals surface area contributed by atoms with Gasteiger partial charge in [0.1, 0.15) is 5.82 Å². The van der Waals surface area contributed by atoms with Gasteiger partial charge in [0.2, 0.25) is 0 Å². The number of likely N-dealkylation sites (N-methyl/N-ethyl adjacent to an activating group) is 1. The maximum atomic E-state index is 13.2. The van der Waals surface area contributed by atoms with Crippen LogP contribution in [0.15, 0.2) is 45.7 Å². The van der Waals surface area contributed by atoms with Gasteiger partial charge in [-0.25, -0.2) is 4.39 Å². The van der Waals surface area contributed by atoms with Gasteiger partial charge in [0, 0.05) is 11.6 Å². The highest BCUT2D eigenvalue weighted by Crippen LogP contribution is 2.22. The van der Waals surface area contributed by atoms with Gasteiger partial charge in [0.15, 0.2) is 0 Å². The molecule has 1 N–H and O–H groups in total. The van der Waals surface area contributed by atoms with Crippen molar-refractivity contribution in [3.8, 4) is 0 Å². The highest BCUT2D eigenvalue weighted by molar-refractivity contribution is 9.10. The molecule has 2 nitrogen and oxygen atoms in total. The van der Waals surface area contributed by atoms with Gasteiger partial charge in [-0.2, -0.15) is 0 Å². The Kier molecular flexibility index (Phi) is 4.55. The largest absolute Gasteiger partial charge is 0.472 e. The molecule has 96 valence electrons. The lowest BCUT2D eigenvalue weighted by atomic mass is 10.0. The number of benzene rings is 1. The molecular weight excluding hydrogens is 297 g/mol. The summed E-state index contributed by atoms with van der Waals surface area (Å²) in [5, 5.41) is 3.40. The van der Waals surface area contributed by atoms with E-state index in [0.717, 1.165) is 24.1 Å². The zero-order valence-electron chi connectivity index (χ0n) is 10.1. The van der Waals surface area contributed by atoms with Crippen molar-refractivity contribution >= 4 is 15.9 Å². The van der Waals surface area contributed by atoms with Crippen molar-refractivity contribution in [1.29, 1.82) is 0 Å². The van der Waals surface area contributed by atoms with Crippen molar-refractivity contribution in [3.63, 3.8) is 0 Å².